The SMILES string of the molecule is C=C(C)C(=O)OCC([SiH3])(O[Si](C)(C)C)O[Si](C)(C)C. The Bertz CT molecular complexity index is 326. The fraction of sp³-hybridized carbons (Fsp3) is 0.750. The van der Waals surface area contributed by atoms with Gasteiger partial charge in [-0.2, -0.15) is 0 Å². The van der Waals surface area contributed by atoms with Crippen LogP contribution in [0.3, 0.4) is 0 Å². The molecule has 0 amide bonds. The van der Waals surface area contributed by atoms with E-state index in [4.69, 9.17) is 13.6 Å². The Morgan fingerprint density at radius 2 is 1.47 bits per heavy atom. The van der Waals surface area contributed by atoms with Gasteiger partial charge >= 0.3 is 5.97 Å². The highest BCUT2D eigenvalue weighted by atomic mass is 28.4. The summed E-state index contributed by atoms with van der Waals surface area (Å²) < 4.78 is 17.5. The minimum Gasteiger partial charge on any atom is -0.457 e. The topological polar surface area (TPSA) is 44.8 Å². The maximum Gasteiger partial charge on any atom is 0.333 e. The molecular formula is C12H28O4Si3. The van der Waals surface area contributed by atoms with Gasteiger partial charge in [0.1, 0.15) is 6.61 Å². The van der Waals surface area contributed by atoms with Crippen LogP contribution in [0.25, 0.3) is 0 Å². The van der Waals surface area contributed by atoms with Gasteiger partial charge < -0.3 is 13.6 Å². The van der Waals surface area contributed by atoms with E-state index in [9.17, 15) is 4.79 Å². The van der Waals surface area contributed by atoms with Crippen LogP contribution in [0.5, 0.6) is 0 Å². The molecule has 0 aliphatic rings. The first-order chi connectivity index (χ1) is 8.24. The van der Waals surface area contributed by atoms with E-state index in [1.165, 1.54) is 0 Å². The number of hydrogen-bond acceptors (Lipinski definition) is 4. The van der Waals surface area contributed by atoms with Crippen molar-refractivity contribution in [2.45, 2.75) is 51.6 Å². The molecule has 0 aromatic carbocycles. The third-order valence-corrected chi connectivity index (χ3v) is 5.46. The second-order valence-corrected chi connectivity index (χ2v) is 17.3. The summed E-state index contributed by atoms with van der Waals surface area (Å²) in [5, 5.41) is 0. The van der Waals surface area contributed by atoms with Gasteiger partial charge in [-0.15, -0.1) is 0 Å². The molecule has 0 rings (SSSR count). The fourth-order valence-electron chi connectivity index (χ4n) is 1.69. The van der Waals surface area contributed by atoms with Crippen LogP contribution in [-0.2, 0) is 18.4 Å². The van der Waals surface area contributed by atoms with Gasteiger partial charge in [0.15, 0.2) is 22.0 Å². The maximum atomic E-state index is 11.5. The van der Waals surface area contributed by atoms with Gasteiger partial charge in [-0.05, 0) is 46.2 Å². The monoisotopic (exact) mass is 320 g/mol. The van der Waals surface area contributed by atoms with Crippen molar-refractivity contribution < 1.29 is 18.4 Å². The van der Waals surface area contributed by atoms with Crippen molar-refractivity contribution in [3.05, 3.63) is 12.2 Å². The highest BCUT2D eigenvalue weighted by molar-refractivity contribution is 6.71. The van der Waals surface area contributed by atoms with Crippen molar-refractivity contribution in [2.24, 2.45) is 0 Å². The van der Waals surface area contributed by atoms with Crippen LogP contribution in [0, 0.1) is 0 Å². The molecule has 0 bridgehead atoms. The molecule has 0 saturated heterocycles. The molecule has 0 unspecified atom stereocenters. The molecule has 0 fully saturated rings. The van der Waals surface area contributed by atoms with E-state index in [1.54, 1.807) is 6.92 Å². The molecule has 0 aromatic heterocycles. The van der Waals surface area contributed by atoms with Crippen molar-refractivity contribution >= 4 is 32.8 Å². The zero-order valence-corrected chi connectivity index (χ0v) is 17.5. The second-order valence-electron chi connectivity index (χ2n) is 6.92. The van der Waals surface area contributed by atoms with E-state index in [0.29, 0.717) is 15.8 Å². The lowest BCUT2D eigenvalue weighted by molar-refractivity contribution is -0.154. The minimum atomic E-state index is -1.77. The summed E-state index contributed by atoms with van der Waals surface area (Å²) in [5.41, 5.74) is -0.343. The summed E-state index contributed by atoms with van der Waals surface area (Å²) in [4.78, 5) is 11.5. The first-order valence-electron chi connectivity index (χ1n) is 6.47. The van der Waals surface area contributed by atoms with E-state index >= 15 is 0 Å². The van der Waals surface area contributed by atoms with Crippen LogP contribution in [0.2, 0.25) is 39.3 Å². The summed E-state index contributed by atoms with van der Waals surface area (Å²) in [6, 6.07) is 0. The zero-order chi connectivity index (χ0) is 15.5. The number of carbonyl (C=O) groups excluding carboxylic acids is 1. The summed E-state index contributed by atoms with van der Waals surface area (Å²) in [7, 11) is -2.90. The Labute approximate surface area is 122 Å². The van der Waals surface area contributed by atoms with Gasteiger partial charge in [-0.1, -0.05) is 6.58 Å². The van der Waals surface area contributed by atoms with Crippen LogP contribution in [0.15, 0.2) is 12.2 Å². The summed E-state index contributed by atoms with van der Waals surface area (Å²) >= 11 is 0. The summed E-state index contributed by atoms with van der Waals surface area (Å²) in [6.45, 7) is 18.0. The number of rotatable bonds is 7. The molecule has 4 nitrogen and oxygen atoms in total. The summed E-state index contributed by atoms with van der Waals surface area (Å²) in [5.74, 6) is -0.390. The molecule has 7 heteroatoms. The van der Waals surface area contributed by atoms with E-state index in [0.717, 1.165) is 0 Å². The van der Waals surface area contributed by atoms with Crippen LogP contribution >= 0.6 is 0 Å². The van der Waals surface area contributed by atoms with Crippen molar-refractivity contribution in [2.75, 3.05) is 6.61 Å². The van der Waals surface area contributed by atoms with Crippen LogP contribution < -0.4 is 0 Å². The average Bonchev–Trinajstić information content (AvgIpc) is 2.07. The van der Waals surface area contributed by atoms with Gasteiger partial charge in [-0.25, -0.2) is 4.79 Å². The van der Waals surface area contributed by atoms with Gasteiger partial charge in [0.05, 0.1) is 10.2 Å². The average molecular weight is 321 g/mol. The molecule has 0 saturated carbocycles. The molecule has 0 heterocycles. The number of hydrogen-bond donors (Lipinski definition) is 0. The molecule has 0 spiro atoms. The van der Waals surface area contributed by atoms with Gasteiger partial charge in [0.25, 0.3) is 0 Å². The standard InChI is InChI=1S/C12H28O4Si3/c1-10(2)11(13)14-9-12(17,15-18(3,4)5)16-19(6,7)8/h1,9H2,2-8,17H3. The van der Waals surface area contributed by atoms with Gasteiger partial charge in [0, 0.05) is 5.57 Å². The molecule has 0 N–H and O–H groups in total. The van der Waals surface area contributed by atoms with Crippen molar-refractivity contribution in [3.8, 4) is 0 Å². The predicted molar refractivity (Wildman–Crippen MR) is 87.3 cm³/mol. The highest BCUT2D eigenvalue weighted by Crippen LogP contribution is 2.22. The van der Waals surface area contributed by atoms with E-state index in [1.807, 2.05) is 0 Å². The minimum absolute atomic E-state index is 0.152. The second kappa shape index (κ2) is 6.49. The first kappa shape index (κ1) is 18.8. The van der Waals surface area contributed by atoms with Crippen LogP contribution in [0.1, 0.15) is 6.92 Å². The predicted octanol–water partition coefficient (Wildman–Crippen LogP) is 1.83. The van der Waals surface area contributed by atoms with Crippen molar-refractivity contribution in [3.63, 3.8) is 0 Å². The summed E-state index contributed by atoms with van der Waals surface area (Å²) in [6.07, 6.45) is 0. The molecule has 0 aromatic rings. The zero-order valence-electron chi connectivity index (χ0n) is 13.5. The molecule has 112 valence electrons. The maximum absolute atomic E-state index is 11.5. The first-order valence-corrected chi connectivity index (χ1v) is 14.3. The number of esters is 1. The lowest BCUT2D eigenvalue weighted by Crippen LogP contribution is -2.53. The third kappa shape index (κ3) is 9.33. The van der Waals surface area contributed by atoms with Crippen molar-refractivity contribution in [1.29, 1.82) is 0 Å². The third-order valence-electron chi connectivity index (χ3n) is 1.86. The Kier molecular flexibility index (Phi) is 6.41. The lowest BCUT2D eigenvalue weighted by atomic mass is 10.4. The molecule has 0 aliphatic heterocycles. The molecule has 19 heavy (non-hydrogen) atoms. The van der Waals surface area contributed by atoms with Gasteiger partial charge in [-0.3, -0.25) is 0 Å². The number of ether oxygens (including phenoxy) is 1. The Morgan fingerprint density at radius 1 is 1.11 bits per heavy atom. The van der Waals surface area contributed by atoms with E-state index < -0.39 is 28.0 Å². The Balaban J connectivity index is 4.86. The fourth-order valence-corrected chi connectivity index (χ4v) is 8.39. The van der Waals surface area contributed by atoms with E-state index in [2.05, 4.69) is 45.9 Å². The Morgan fingerprint density at radius 3 is 1.74 bits per heavy atom. The van der Waals surface area contributed by atoms with E-state index in [-0.39, 0.29) is 6.61 Å². The molecule has 0 aliphatic carbocycles. The quantitative estimate of drug-likeness (QED) is 0.311. The van der Waals surface area contributed by atoms with Crippen LogP contribution in [0.4, 0.5) is 0 Å². The van der Waals surface area contributed by atoms with Gasteiger partial charge in [0.2, 0.25) is 0 Å². The lowest BCUT2D eigenvalue weighted by Gasteiger charge is -2.40. The molecule has 0 radical (unpaired) electrons. The molecule has 0 atom stereocenters. The largest absolute Gasteiger partial charge is 0.457 e. The smallest absolute Gasteiger partial charge is 0.333 e. The number of carbonyl (C=O) groups is 1. The van der Waals surface area contributed by atoms with Crippen molar-refractivity contribution in [1.82, 2.24) is 0 Å². The molecular weight excluding hydrogens is 292 g/mol. The van der Waals surface area contributed by atoms with Crippen LogP contribution in [-0.4, -0.2) is 44.9 Å². The highest BCUT2D eigenvalue weighted by Gasteiger charge is 2.37. The Hall–Kier alpha value is -0.219. The normalized spacial score (nSPS) is 13.4.